The quantitative estimate of drug-likeness (QED) is 0.535. The molecule has 0 bridgehead atoms. The molecule has 0 amide bonds. The van der Waals surface area contributed by atoms with Gasteiger partial charge in [-0.3, -0.25) is 4.79 Å². The minimum atomic E-state index is -1.61. The van der Waals surface area contributed by atoms with E-state index < -0.39 is 6.08 Å². The van der Waals surface area contributed by atoms with Crippen LogP contribution in [-0.4, -0.2) is 25.8 Å². The summed E-state index contributed by atoms with van der Waals surface area (Å²) in [6.07, 6.45) is 0.687. The summed E-state index contributed by atoms with van der Waals surface area (Å²) < 4.78 is 34.2. The number of carbonyl (C=O) groups excluding carboxylic acids is 1. The first-order valence-corrected chi connectivity index (χ1v) is 5.86. The van der Waals surface area contributed by atoms with E-state index in [2.05, 4.69) is 0 Å². The lowest BCUT2D eigenvalue weighted by Gasteiger charge is -2.08. The summed E-state index contributed by atoms with van der Waals surface area (Å²) in [5, 5.41) is 0. The Morgan fingerprint density at radius 2 is 2.18 bits per heavy atom. The van der Waals surface area contributed by atoms with E-state index >= 15 is 0 Å². The first-order chi connectivity index (χ1) is 8.11. The third-order valence-corrected chi connectivity index (χ3v) is 2.78. The van der Waals surface area contributed by atoms with Crippen LogP contribution in [0.4, 0.5) is 8.78 Å². The Bertz CT molecular complexity index is 279. The van der Waals surface area contributed by atoms with E-state index in [9.17, 15) is 13.6 Å². The lowest BCUT2D eigenvalue weighted by atomic mass is 10.1. The predicted octanol–water partition coefficient (Wildman–Crippen LogP) is 2.91. The van der Waals surface area contributed by atoms with Gasteiger partial charge in [-0.15, -0.1) is 0 Å². The van der Waals surface area contributed by atoms with Gasteiger partial charge in [0.05, 0.1) is 19.1 Å². The third kappa shape index (κ3) is 5.26. The molecule has 0 saturated carbocycles. The van der Waals surface area contributed by atoms with Gasteiger partial charge in [-0.25, -0.2) is 0 Å². The molecular formula is C12H18F2O3. The highest BCUT2D eigenvalue weighted by atomic mass is 19.3. The topological polar surface area (TPSA) is 35.5 Å². The van der Waals surface area contributed by atoms with Gasteiger partial charge in [0.15, 0.2) is 0 Å². The fraction of sp³-hybridized carbons (Fsp3) is 0.750. The standard InChI is InChI=1S/C12H18F2O3/c1-9(11(13)14)4-2-3-6-17-12(15)10-5-7-16-8-10/h10H,2-8H2,1H3. The third-order valence-electron chi connectivity index (χ3n) is 2.78. The average molecular weight is 248 g/mol. The molecule has 1 aliphatic heterocycles. The molecule has 5 heteroatoms. The number of hydrogen-bond acceptors (Lipinski definition) is 3. The van der Waals surface area contributed by atoms with Crippen molar-refractivity contribution < 1.29 is 23.0 Å². The van der Waals surface area contributed by atoms with Crippen LogP contribution in [0, 0.1) is 5.92 Å². The number of ether oxygens (including phenoxy) is 2. The van der Waals surface area contributed by atoms with Crippen LogP contribution < -0.4 is 0 Å². The molecule has 1 heterocycles. The molecule has 1 saturated heterocycles. The van der Waals surface area contributed by atoms with Crippen molar-refractivity contribution in [3.05, 3.63) is 11.7 Å². The highest BCUT2D eigenvalue weighted by Gasteiger charge is 2.24. The Morgan fingerprint density at radius 1 is 1.41 bits per heavy atom. The molecule has 0 spiro atoms. The molecule has 1 aliphatic rings. The van der Waals surface area contributed by atoms with Gasteiger partial charge in [0, 0.05) is 6.61 Å². The number of rotatable bonds is 6. The van der Waals surface area contributed by atoms with Crippen LogP contribution in [0.5, 0.6) is 0 Å². The molecule has 1 rings (SSSR count). The summed E-state index contributed by atoms with van der Waals surface area (Å²) in [7, 11) is 0. The maximum Gasteiger partial charge on any atom is 0.311 e. The smallest absolute Gasteiger partial charge is 0.311 e. The van der Waals surface area contributed by atoms with Crippen LogP contribution >= 0.6 is 0 Å². The highest BCUT2D eigenvalue weighted by molar-refractivity contribution is 5.72. The van der Waals surface area contributed by atoms with Crippen molar-refractivity contribution in [1.82, 2.24) is 0 Å². The summed E-state index contributed by atoms with van der Waals surface area (Å²) in [4.78, 5) is 11.4. The number of carbonyl (C=O) groups is 1. The highest BCUT2D eigenvalue weighted by Crippen LogP contribution is 2.16. The second kappa shape index (κ2) is 7.37. The molecule has 0 aromatic carbocycles. The lowest BCUT2D eigenvalue weighted by Crippen LogP contribution is -2.18. The molecule has 0 radical (unpaired) electrons. The number of esters is 1. The van der Waals surface area contributed by atoms with E-state index in [0.29, 0.717) is 45.5 Å². The first kappa shape index (κ1) is 14.1. The Kier molecular flexibility index (Phi) is 6.11. The molecule has 0 aromatic heterocycles. The van der Waals surface area contributed by atoms with Crippen LogP contribution in [0.3, 0.4) is 0 Å². The number of allylic oxidation sites excluding steroid dienone is 1. The van der Waals surface area contributed by atoms with Crippen molar-refractivity contribution in [1.29, 1.82) is 0 Å². The van der Waals surface area contributed by atoms with Crippen LogP contribution in [-0.2, 0) is 14.3 Å². The molecule has 17 heavy (non-hydrogen) atoms. The van der Waals surface area contributed by atoms with E-state index in [4.69, 9.17) is 9.47 Å². The van der Waals surface area contributed by atoms with Crippen molar-refractivity contribution in [2.24, 2.45) is 5.92 Å². The molecule has 1 atom stereocenters. The van der Waals surface area contributed by atoms with E-state index in [-0.39, 0.29) is 17.5 Å². The monoisotopic (exact) mass is 248 g/mol. The van der Waals surface area contributed by atoms with Crippen molar-refractivity contribution in [2.75, 3.05) is 19.8 Å². The summed E-state index contributed by atoms with van der Waals surface area (Å²) in [6.45, 7) is 2.76. The summed E-state index contributed by atoms with van der Waals surface area (Å²) in [6, 6.07) is 0. The SMILES string of the molecule is CC(CCCCOC(=O)C1CCOC1)=C(F)F. The van der Waals surface area contributed by atoms with E-state index in [1.54, 1.807) is 0 Å². The van der Waals surface area contributed by atoms with Crippen LogP contribution in [0.1, 0.15) is 32.6 Å². The zero-order valence-electron chi connectivity index (χ0n) is 10.0. The maximum absolute atomic E-state index is 12.1. The van der Waals surface area contributed by atoms with Gasteiger partial charge in [0.25, 0.3) is 6.08 Å². The predicted molar refractivity (Wildman–Crippen MR) is 58.7 cm³/mol. The molecule has 0 aliphatic carbocycles. The van der Waals surface area contributed by atoms with Gasteiger partial charge in [0.2, 0.25) is 0 Å². The zero-order valence-corrected chi connectivity index (χ0v) is 10.0. The van der Waals surface area contributed by atoms with Gasteiger partial charge >= 0.3 is 5.97 Å². The molecule has 98 valence electrons. The lowest BCUT2D eigenvalue weighted by molar-refractivity contribution is -0.148. The Labute approximate surface area is 99.8 Å². The Morgan fingerprint density at radius 3 is 2.76 bits per heavy atom. The van der Waals surface area contributed by atoms with Gasteiger partial charge in [0.1, 0.15) is 0 Å². The number of unbranched alkanes of at least 4 members (excludes halogenated alkanes) is 1. The summed E-state index contributed by atoms with van der Waals surface area (Å²) >= 11 is 0. The van der Waals surface area contributed by atoms with Crippen LogP contribution in [0.25, 0.3) is 0 Å². The van der Waals surface area contributed by atoms with E-state index in [1.807, 2.05) is 0 Å². The molecule has 3 nitrogen and oxygen atoms in total. The van der Waals surface area contributed by atoms with Gasteiger partial charge in [-0.05, 0) is 38.2 Å². The molecule has 1 fully saturated rings. The second-order valence-corrected chi connectivity index (χ2v) is 4.23. The molecule has 1 unspecified atom stereocenters. The average Bonchev–Trinajstić information content (AvgIpc) is 2.81. The fourth-order valence-electron chi connectivity index (χ4n) is 1.60. The minimum absolute atomic E-state index is 0.112. The van der Waals surface area contributed by atoms with Crippen molar-refractivity contribution in [2.45, 2.75) is 32.6 Å². The Hall–Kier alpha value is -0.970. The van der Waals surface area contributed by atoms with Crippen molar-refractivity contribution in [3.8, 4) is 0 Å². The van der Waals surface area contributed by atoms with Crippen molar-refractivity contribution in [3.63, 3.8) is 0 Å². The second-order valence-electron chi connectivity index (χ2n) is 4.23. The van der Waals surface area contributed by atoms with Gasteiger partial charge in [-0.2, -0.15) is 8.78 Å². The number of halogens is 2. The Balaban J connectivity index is 2.04. The van der Waals surface area contributed by atoms with E-state index in [0.717, 1.165) is 0 Å². The normalized spacial score (nSPS) is 19.1. The fourth-order valence-corrected chi connectivity index (χ4v) is 1.60. The first-order valence-electron chi connectivity index (χ1n) is 5.86. The maximum atomic E-state index is 12.1. The minimum Gasteiger partial charge on any atom is -0.465 e. The molecular weight excluding hydrogens is 230 g/mol. The van der Waals surface area contributed by atoms with Crippen LogP contribution in [0.2, 0.25) is 0 Å². The zero-order chi connectivity index (χ0) is 12.7. The molecule has 0 aromatic rings. The summed E-state index contributed by atoms with van der Waals surface area (Å²) in [5.41, 5.74) is 0.112. The van der Waals surface area contributed by atoms with E-state index in [1.165, 1.54) is 6.92 Å². The number of hydrogen-bond donors (Lipinski definition) is 0. The molecule has 0 N–H and O–H groups in total. The van der Waals surface area contributed by atoms with Gasteiger partial charge in [-0.1, -0.05) is 0 Å². The largest absolute Gasteiger partial charge is 0.465 e. The van der Waals surface area contributed by atoms with Crippen LogP contribution in [0.15, 0.2) is 11.7 Å². The van der Waals surface area contributed by atoms with Gasteiger partial charge < -0.3 is 9.47 Å². The van der Waals surface area contributed by atoms with Crippen molar-refractivity contribution >= 4 is 5.97 Å². The summed E-state index contributed by atoms with van der Waals surface area (Å²) in [5.74, 6) is -0.369.